The average Bonchev–Trinajstić information content (AvgIpc) is 3.31. The third-order valence-corrected chi connectivity index (χ3v) is 6.17. The minimum Gasteiger partial charge on any atom is -0.507 e. The number of aromatic hydroxyl groups is 1. The molecular formula is C26H18O8. The zero-order valence-electron chi connectivity index (χ0n) is 18.0. The molecule has 1 N–H and O–H groups in total. The molecule has 6 rings (SSSR count). The van der Waals surface area contributed by atoms with Crippen LogP contribution in [0.2, 0.25) is 0 Å². The summed E-state index contributed by atoms with van der Waals surface area (Å²) in [4.78, 5) is 25.9. The number of hydrogen-bond donors (Lipinski definition) is 1. The summed E-state index contributed by atoms with van der Waals surface area (Å²) in [5.74, 6) is 0.567. The maximum absolute atomic E-state index is 13.5. The third-order valence-electron chi connectivity index (χ3n) is 6.17. The molecular weight excluding hydrogens is 440 g/mol. The Bertz CT molecular complexity index is 1530. The van der Waals surface area contributed by atoms with Crippen LogP contribution >= 0.6 is 0 Å². The fraction of sp³-hybridized carbons (Fsp3) is 0.154. The van der Waals surface area contributed by atoms with Crippen LogP contribution in [-0.2, 0) is 4.79 Å². The number of carbonyl (C=O) groups excluding carboxylic acids is 1. The van der Waals surface area contributed by atoms with Crippen LogP contribution in [0.25, 0.3) is 22.1 Å². The molecule has 8 heteroatoms. The van der Waals surface area contributed by atoms with Crippen molar-refractivity contribution in [1.29, 1.82) is 0 Å². The summed E-state index contributed by atoms with van der Waals surface area (Å²) < 4.78 is 27.7. The average molecular weight is 458 g/mol. The number of methoxy groups -OCH3 is 1. The first-order chi connectivity index (χ1) is 16.5. The molecule has 170 valence electrons. The molecule has 1 aromatic heterocycles. The number of phenols is 1. The zero-order chi connectivity index (χ0) is 23.4. The molecule has 4 aromatic rings. The van der Waals surface area contributed by atoms with Crippen molar-refractivity contribution < 1.29 is 33.3 Å². The van der Waals surface area contributed by atoms with Gasteiger partial charge in [-0.25, -0.2) is 0 Å². The molecule has 0 spiro atoms. The van der Waals surface area contributed by atoms with Gasteiger partial charge in [-0.05, 0) is 23.8 Å². The molecule has 34 heavy (non-hydrogen) atoms. The minimum absolute atomic E-state index is 0.00542. The van der Waals surface area contributed by atoms with Crippen molar-refractivity contribution >= 4 is 16.9 Å². The third kappa shape index (κ3) is 2.99. The van der Waals surface area contributed by atoms with Crippen molar-refractivity contribution in [2.24, 2.45) is 0 Å². The van der Waals surface area contributed by atoms with Crippen molar-refractivity contribution in [1.82, 2.24) is 0 Å². The molecule has 0 saturated carbocycles. The number of phenolic OH excluding ortho intramolecular Hbond substituents is 1. The minimum atomic E-state index is -0.478. The molecule has 3 aromatic carbocycles. The number of esters is 1. The highest BCUT2D eigenvalue weighted by molar-refractivity contribution is 5.94. The Labute approximate surface area is 192 Å². The summed E-state index contributed by atoms with van der Waals surface area (Å²) in [6.45, 7) is 0.124. The second-order valence-electron chi connectivity index (χ2n) is 8.03. The van der Waals surface area contributed by atoms with E-state index in [9.17, 15) is 14.7 Å². The summed E-state index contributed by atoms with van der Waals surface area (Å²) in [5.41, 5.74) is 1.80. The van der Waals surface area contributed by atoms with Crippen LogP contribution in [0.15, 0.2) is 64.0 Å². The van der Waals surface area contributed by atoms with E-state index in [-0.39, 0.29) is 41.2 Å². The van der Waals surface area contributed by atoms with Gasteiger partial charge < -0.3 is 28.5 Å². The Hall–Kier alpha value is -4.46. The Morgan fingerprint density at radius 2 is 1.79 bits per heavy atom. The molecule has 8 nitrogen and oxygen atoms in total. The van der Waals surface area contributed by atoms with E-state index < -0.39 is 17.3 Å². The van der Waals surface area contributed by atoms with Gasteiger partial charge in [0.05, 0.1) is 19.1 Å². The van der Waals surface area contributed by atoms with Crippen LogP contribution in [0.5, 0.6) is 28.7 Å². The maximum Gasteiger partial charge on any atom is 0.312 e. The molecule has 0 unspecified atom stereocenters. The van der Waals surface area contributed by atoms with Gasteiger partial charge in [-0.2, -0.15) is 0 Å². The predicted octanol–water partition coefficient (Wildman–Crippen LogP) is 4.34. The molecule has 0 fully saturated rings. The number of para-hydroxylation sites is 1. The monoisotopic (exact) mass is 458 g/mol. The molecule has 0 radical (unpaired) electrons. The zero-order valence-corrected chi connectivity index (χ0v) is 18.0. The normalized spacial score (nSPS) is 16.3. The molecule has 0 amide bonds. The lowest BCUT2D eigenvalue weighted by molar-refractivity contribution is -0.135. The highest BCUT2D eigenvalue weighted by Gasteiger charge is 2.34. The molecule has 0 bridgehead atoms. The van der Waals surface area contributed by atoms with Crippen LogP contribution in [0.3, 0.4) is 0 Å². The van der Waals surface area contributed by atoms with Gasteiger partial charge in [-0.15, -0.1) is 0 Å². The van der Waals surface area contributed by atoms with Gasteiger partial charge in [0.1, 0.15) is 34.5 Å². The standard InChI is InChI=1S/C26H18O8/c1-30-18-5-3-2-4-14(18)16-11-31-26-23-15(13-6-7-19-20(8-13)33-12-32-19)9-22(28)34-21(23)10-17(27)24(26)25(16)29/h2-8,10-11,15,27H,9,12H2,1H3/t15-/m0/s1. The van der Waals surface area contributed by atoms with Crippen molar-refractivity contribution in [3.05, 3.63) is 76.1 Å². The first kappa shape index (κ1) is 20.2. The van der Waals surface area contributed by atoms with Gasteiger partial charge in [-0.1, -0.05) is 24.3 Å². The van der Waals surface area contributed by atoms with Crippen LogP contribution in [0.1, 0.15) is 23.5 Å². The lowest BCUT2D eigenvalue weighted by Gasteiger charge is -2.26. The van der Waals surface area contributed by atoms with Gasteiger partial charge in [-0.3, -0.25) is 9.59 Å². The SMILES string of the molecule is COc1ccccc1-c1coc2c3c(cc(O)c2c1=O)OC(=O)C[C@H]3c1ccc2c(c1)OCO2. The summed E-state index contributed by atoms with van der Waals surface area (Å²) in [6.07, 6.45) is 1.37. The largest absolute Gasteiger partial charge is 0.507 e. The summed E-state index contributed by atoms with van der Waals surface area (Å²) in [6, 6.07) is 13.8. The number of rotatable bonds is 3. The van der Waals surface area contributed by atoms with E-state index in [1.807, 2.05) is 6.07 Å². The summed E-state index contributed by atoms with van der Waals surface area (Å²) >= 11 is 0. The van der Waals surface area contributed by atoms with Crippen LogP contribution in [-0.4, -0.2) is 25.0 Å². The van der Waals surface area contributed by atoms with Crippen LogP contribution in [0, 0.1) is 0 Å². The van der Waals surface area contributed by atoms with Crippen molar-refractivity contribution in [3.63, 3.8) is 0 Å². The Kier molecular flexibility index (Phi) is 4.48. The Morgan fingerprint density at radius 3 is 2.65 bits per heavy atom. The fourth-order valence-corrected chi connectivity index (χ4v) is 4.60. The number of benzene rings is 3. The number of carbonyl (C=O) groups is 1. The van der Waals surface area contributed by atoms with Gasteiger partial charge in [0.25, 0.3) is 0 Å². The quantitative estimate of drug-likeness (QED) is 0.357. The highest BCUT2D eigenvalue weighted by atomic mass is 16.7. The van der Waals surface area contributed by atoms with Crippen LogP contribution in [0.4, 0.5) is 0 Å². The number of fused-ring (bicyclic) bond motifs is 4. The second-order valence-corrected chi connectivity index (χ2v) is 8.03. The first-order valence-electron chi connectivity index (χ1n) is 10.6. The fourth-order valence-electron chi connectivity index (χ4n) is 4.60. The molecule has 2 aliphatic heterocycles. The predicted molar refractivity (Wildman–Crippen MR) is 121 cm³/mol. The topological polar surface area (TPSA) is 104 Å². The molecule has 0 aliphatic carbocycles. The maximum atomic E-state index is 13.5. The van der Waals surface area contributed by atoms with E-state index in [1.165, 1.54) is 19.4 Å². The molecule has 3 heterocycles. The van der Waals surface area contributed by atoms with Gasteiger partial charge >= 0.3 is 5.97 Å². The van der Waals surface area contributed by atoms with E-state index >= 15 is 0 Å². The van der Waals surface area contributed by atoms with Gasteiger partial charge in [0, 0.05) is 23.1 Å². The smallest absolute Gasteiger partial charge is 0.312 e. The van der Waals surface area contributed by atoms with Crippen molar-refractivity contribution in [2.45, 2.75) is 12.3 Å². The molecule has 2 aliphatic rings. The number of hydrogen-bond acceptors (Lipinski definition) is 8. The Balaban J connectivity index is 1.59. The lowest BCUT2D eigenvalue weighted by Crippen LogP contribution is -2.22. The molecule has 1 atom stereocenters. The van der Waals surface area contributed by atoms with Crippen molar-refractivity contribution in [2.75, 3.05) is 13.9 Å². The van der Waals surface area contributed by atoms with E-state index in [0.717, 1.165) is 5.56 Å². The summed E-state index contributed by atoms with van der Waals surface area (Å²) in [5, 5.41) is 10.8. The first-order valence-corrected chi connectivity index (χ1v) is 10.6. The number of ether oxygens (including phenoxy) is 4. The van der Waals surface area contributed by atoms with Crippen LogP contribution < -0.4 is 24.4 Å². The van der Waals surface area contributed by atoms with E-state index in [4.69, 9.17) is 23.4 Å². The van der Waals surface area contributed by atoms with E-state index in [0.29, 0.717) is 28.4 Å². The van der Waals surface area contributed by atoms with E-state index in [1.54, 1.807) is 36.4 Å². The second kappa shape index (κ2) is 7.55. The van der Waals surface area contributed by atoms with Gasteiger partial charge in [0.2, 0.25) is 12.2 Å². The van der Waals surface area contributed by atoms with E-state index in [2.05, 4.69) is 0 Å². The summed E-state index contributed by atoms with van der Waals surface area (Å²) in [7, 11) is 1.51. The van der Waals surface area contributed by atoms with Gasteiger partial charge in [0.15, 0.2) is 11.5 Å². The molecule has 0 saturated heterocycles. The lowest BCUT2D eigenvalue weighted by atomic mass is 9.84. The Morgan fingerprint density at radius 1 is 0.971 bits per heavy atom. The highest BCUT2D eigenvalue weighted by Crippen LogP contribution is 2.47. The van der Waals surface area contributed by atoms with Crippen molar-refractivity contribution in [3.8, 4) is 39.9 Å².